The van der Waals surface area contributed by atoms with Crippen molar-refractivity contribution in [2.24, 2.45) is 4.99 Å². The maximum atomic E-state index is 12.1. The number of guanidine groups is 1. The Kier molecular flexibility index (Phi) is 11.9. The van der Waals surface area contributed by atoms with Crippen LogP contribution in [0.1, 0.15) is 40.3 Å². The van der Waals surface area contributed by atoms with Crippen molar-refractivity contribution >= 4 is 36.0 Å². The minimum absolute atomic E-state index is 0. The van der Waals surface area contributed by atoms with E-state index in [0.29, 0.717) is 32.1 Å². The Morgan fingerprint density at radius 2 is 2.00 bits per heavy atom. The Morgan fingerprint density at radius 1 is 1.27 bits per heavy atom. The number of halogens is 1. The molecule has 0 radical (unpaired) electrons. The summed E-state index contributed by atoms with van der Waals surface area (Å²) >= 11 is 0. The molecule has 1 heterocycles. The van der Waals surface area contributed by atoms with Gasteiger partial charge in [-0.3, -0.25) is 4.98 Å². The highest BCUT2D eigenvalue weighted by atomic mass is 127. The smallest absolute Gasteiger partial charge is 0.410 e. The number of pyridine rings is 1. The molecule has 1 aromatic rings. The molecular formula is C18H32IN5O2. The van der Waals surface area contributed by atoms with E-state index in [-0.39, 0.29) is 30.1 Å². The van der Waals surface area contributed by atoms with Crippen LogP contribution in [0.4, 0.5) is 4.79 Å². The van der Waals surface area contributed by atoms with Gasteiger partial charge in [0.25, 0.3) is 0 Å². The van der Waals surface area contributed by atoms with Crippen LogP contribution in [-0.2, 0) is 11.3 Å². The fraction of sp³-hybridized carbons (Fsp3) is 0.611. The molecule has 148 valence electrons. The Bertz CT molecular complexity index is 546. The third kappa shape index (κ3) is 10.4. The van der Waals surface area contributed by atoms with Gasteiger partial charge in [-0.25, -0.2) is 9.79 Å². The van der Waals surface area contributed by atoms with Crippen molar-refractivity contribution < 1.29 is 9.53 Å². The number of carbonyl (C=O) groups is 1. The van der Waals surface area contributed by atoms with Crippen LogP contribution in [0.15, 0.2) is 29.4 Å². The van der Waals surface area contributed by atoms with Gasteiger partial charge in [0.15, 0.2) is 5.96 Å². The molecule has 0 saturated carbocycles. The third-order valence-electron chi connectivity index (χ3n) is 3.18. The standard InChI is InChI=1S/C18H31N5O2.HI/c1-6-19-16(22-14-15-10-8-9-11-20-15)21-12-13-23(7-2)17(24)25-18(3,4)5;/h8-11H,6-7,12-14H2,1-5H3,(H2,19,21,22);1H. The van der Waals surface area contributed by atoms with Crippen LogP contribution in [0.2, 0.25) is 0 Å². The minimum atomic E-state index is -0.489. The fourth-order valence-electron chi connectivity index (χ4n) is 2.01. The van der Waals surface area contributed by atoms with E-state index in [0.717, 1.165) is 12.2 Å². The number of aromatic nitrogens is 1. The first-order valence-corrected chi connectivity index (χ1v) is 8.75. The van der Waals surface area contributed by atoms with Crippen molar-refractivity contribution in [3.63, 3.8) is 0 Å². The number of likely N-dealkylation sites (N-methyl/N-ethyl adjacent to an activating group) is 1. The average Bonchev–Trinajstić information content (AvgIpc) is 2.55. The first-order chi connectivity index (χ1) is 11.9. The molecule has 0 saturated heterocycles. The molecule has 0 spiro atoms. The molecule has 26 heavy (non-hydrogen) atoms. The molecule has 0 aliphatic carbocycles. The second-order valence-corrected chi connectivity index (χ2v) is 6.50. The van der Waals surface area contributed by atoms with E-state index < -0.39 is 5.60 Å². The van der Waals surface area contributed by atoms with E-state index in [2.05, 4.69) is 20.6 Å². The summed E-state index contributed by atoms with van der Waals surface area (Å²) in [4.78, 5) is 22.6. The van der Waals surface area contributed by atoms with Crippen molar-refractivity contribution in [1.29, 1.82) is 0 Å². The van der Waals surface area contributed by atoms with E-state index >= 15 is 0 Å². The number of nitrogens with zero attached hydrogens (tertiary/aromatic N) is 3. The Balaban J connectivity index is 0.00000625. The van der Waals surface area contributed by atoms with Crippen molar-refractivity contribution in [3.05, 3.63) is 30.1 Å². The van der Waals surface area contributed by atoms with Crippen LogP contribution in [0, 0.1) is 0 Å². The highest BCUT2D eigenvalue weighted by Crippen LogP contribution is 2.09. The van der Waals surface area contributed by atoms with Crippen LogP contribution in [0.5, 0.6) is 0 Å². The van der Waals surface area contributed by atoms with Gasteiger partial charge in [-0.15, -0.1) is 24.0 Å². The molecule has 0 fully saturated rings. The minimum Gasteiger partial charge on any atom is -0.444 e. The lowest BCUT2D eigenvalue weighted by atomic mass is 10.2. The highest BCUT2D eigenvalue weighted by molar-refractivity contribution is 14.0. The molecule has 1 aromatic heterocycles. The van der Waals surface area contributed by atoms with Gasteiger partial charge in [0, 0.05) is 32.4 Å². The molecule has 2 N–H and O–H groups in total. The zero-order valence-electron chi connectivity index (χ0n) is 16.4. The number of hydrogen-bond donors (Lipinski definition) is 2. The quantitative estimate of drug-likeness (QED) is 0.359. The lowest BCUT2D eigenvalue weighted by molar-refractivity contribution is 0.0264. The number of aliphatic imine (C=N–C) groups is 1. The van der Waals surface area contributed by atoms with Crippen molar-refractivity contribution in [1.82, 2.24) is 20.5 Å². The van der Waals surface area contributed by atoms with E-state index in [4.69, 9.17) is 4.74 Å². The van der Waals surface area contributed by atoms with E-state index in [9.17, 15) is 4.79 Å². The van der Waals surface area contributed by atoms with Crippen molar-refractivity contribution in [2.75, 3.05) is 26.2 Å². The van der Waals surface area contributed by atoms with Gasteiger partial charge in [-0.05, 0) is 46.8 Å². The Hall–Kier alpha value is -1.58. The summed E-state index contributed by atoms with van der Waals surface area (Å²) in [6.07, 6.45) is 1.46. The van der Waals surface area contributed by atoms with Gasteiger partial charge in [0.1, 0.15) is 5.60 Å². The van der Waals surface area contributed by atoms with Gasteiger partial charge in [0.2, 0.25) is 0 Å². The zero-order chi connectivity index (χ0) is 18.7. The second kappa shape index (κ2) is 12.7. The molecule has 1 rings (SSSR count). The maximum Gasteiger partial charge on any atom is 0.410 e. The molecule has 8 heteroatoms. The number of amides is 1. The largest absolute Gasteiger partial charge is 0.444 e. The number of carbonyl (C=O) groups excluding carboxylic acids is 1. The van der Waals surface area contributed by atoms with Gasteiger partial charge in [0.05, 0.1) is 12.2 Å². The molecule has 0 aliphatic heterocycles. The maximum absolute atomic E-state index is 12.1. The average molecular weight is 477 g/mol. The van der Waals surface area contributed by atoms with E-state index in [1.54, 1.807) is 11.1 Å². The van der Waals surface area contributed by atoms with Crippen LogP contribution in [0.25, 0.3) is 0 Å². The summed E-state index contributed by atoms with van der Waals surface area (Å²) in [6.45, 7) is 12.5. The number of ether oxygens (including phenoxy) is 1. The summed E-state index contributed by atoms with van der Waals surface area (Å²) < 4.78 is 5.41. The summed E-state index contributed by atoms with van der Waals surface area (Å²) in [5.41, 5.74) is 0.417. The highest BCUT2D eigenvalue weighted by Gasteiger charge is 2.20. The summed E-state index contributed by atoms with van der Waals surface area (Å²) in [7, 11) is 0. The number of nitrogens with one attached hydrogen (secondary N) is 2. The molecule has 1 amide bonds. The predicted octanol–water partition coefficient (Wildman–Crippen LogP) is 3.01. The monoisotopic (exact) mass is 477 g/mol. The molecule has 0 unspecified atom stereocenters. The van der Waals surface area contributed by atoms with Crippen LogP contribution in [-0.4, -0.2) is 53.7 Å². The normalized spacial score (nSPS) is 11.3. The summed E-state index contributed by atoms with van der Waals surface area (Å²) in [5.74, 6) is 0.702. The van der Waals surface area contributed by atoms with E-state index in [1.165, 1.54) is 0 Å². The van der Waals surface area contributed by atoms with Gasteiger partial charge >= 0.3 is 6.09 Å². The predicted molar refractivity (Wildman–Crippen MR) is 116 cm³/mol. The lowest BCUT2D eigenvalue weighted by Crippen LogP contribution is -2.44. The van der Waals surface area contributed by atoms with Gasteiger partial charge in [-0.1, -0.05) is 6.07 Å². The summed E-state index contributed by atoms with van der Waals surface area (Å²) in [5, 5.41) is 6.42. The van der Waals surface area contributed by atoms with Crippen molar-refractivity contribution in [2.45, 2.75) is 46.8 Å². The molecule has 0 aliphatic rings. The number of rotatable bonds is 7. The zero-order valence-corrected chi connectivity index (χ0v) is 18.7. The topological polar surface area (TPSA) is 78.9 Å². The van der Waals surface area contributed by atoms with Crippen LogP contribution in [0.3, 0.4) is 0 Å². The second-order valence-electron chi connectivity index (χ2n) is 6.50. The van der Waals surface area contributed by atoms with Gasteiger partial charge < -0.3 is 20.3 Å². The van der Waals surface area contributed by atoms with Crippen LogP contribution >= 0.6 is 24.0 Å². The lowest BCUT2D eigenvalue weighted by Gasteiger charge is -2.26. The molecule has 7 nitrogen and oxygen atoms in total. The molecular weight excluding hydrogens is 445 g/mol. The molecule has 0 aromatic carbocycles. The Labute approximate surface area is 174 Å². The van der Waals surface area contributed by atoms with E-state index in [1.807, 2.05) is 52.8 Å². The fourth-order valence-corrected chi connectivity index (χ4v) is 2.01. The van der Waals surface area contributed by atoms with Crippen molar-refractivity contribution in [3.8, 4) is 0 Å². The summed E-state index contributed by atoms with van der Waals surface area (Å²) in [6, 6.07) is 5.76. The number of hydrogen-bond acceptors (Lipinski definition) is 4. The first kappa shape index (κ1) is 24.4. The first-order valence-electron chi connectivity index (χ1n) is 8.75. The third-order valence-corrected chi connectivity index (χ3v) is 3.18. The molecule has 0 bridgehead atoms. The SMILES string of the molecule is CCNC(=NCc1ccccn1)NCCN(CC)C(=O)OC(C)(C)C.I. The van der Waals surface area contributed by atoms with Gasteiger partial charge in [-0.2, -0.15) is 0 Å². The Morgan fingerprint density at radius 3 is 2.54 bits per heavy atom. The molecule has 0 atom stereocenters. The van der Waals surface area contributed by atoms with Crippen LogP contribution < -0.4 is 10.6 Å².